The van der Waals surface area contributed by atoms with Gasteiger partial charge in [0.2, 0.25) is 11.8 Å². The Morgan fingerprint density at radius 2 is 1.87 bits per heavy atom. The van der Waals surface area contributed by atoms with E-state index in [0.717, 1.165) is 10.2 Å². The van der Waals surface area contributed by atoms with E-state index in [1.54, 1.807) is 18.3 Å². The first-order valence-corrected chi connectivity index (χ1v) is 8.24. The number of pyridine rings is 1. The lowest BCUT2D eigenvalue weighted by atomic mass is 9.91. The van der Waals surface area contributed by atoms with Gasteiger partial charge in [-0.15, -0.1) is 0 Å². The van der Waals surface area contributed by atoms with Crippen molar-refractivity contribution in [3.63, 3.8) is 0 Å². The highest BCUT2D eigenvalue weighted by Crippen LogP contribution is 2.41. The van der Waals surface area contributed by atoms with Crippen LogP contribution in [0.2, 0.25) is 0 Å². The van der Waals surface area contributed by atoms with Crippen LogP contribution in [0.3, 0.4) is 0 Å². The molecule has 23 heavy (non-hydrogen) atoms. The van der Waals surface area contributed by atoms with Crippen molar-refractivity contribution in [3.8, 4) is 0 Å². The lowest BCUT2D eigenvalue weighted by Crippen LogP contribution is -2.35. The highest BCUT2D eigenvalue weighted by atomic mass is 79.9. The summed E-state index contributed by atoms with van der Waals surface area (Å²) in [7, 11) is 0. The maximum absolute atomic E-state index is 12.9. The number of benzene rings is 1. The van der Waals surface area contributed by atoms with Gasteiger partial charge >= 0.3 is 0 Å². The average molecular weight is 372 g/mol. The van der Waals surface area contributed by atoms with Crippen LogP contribution in [0.4, 0.5) is 5.69 Å². The smallest absolute Gasteiger partial charge is 0.239 e. The number of aromatic nitrogens is 1. The fourth-order valence-corrected chi connectivity index (χ4v) is 3.68. The summed E-state index contributed by atoms with van der Waals surface area (Å²) >= 11 is 3.37. The normalized spacial score (nSPS) is 26.7. The van der Waals surface area contributed by atoms with E-state index in [1.165, 1.54) is 4.90 Å². The molecule has 116 valence electrons. The molecule has 6 heteroatoms. The molecule has 0 aliphatic carbocycles. The molecule has 2 saturated heterocycles. The molecule has 1 aromatic carbocycles. The first kappa shape index (κ1) is 14.5. The summed E-state index contributed by atoms with van der Waals surface area (Å²) in [6.45, 7) is 0.503. The minimum Gasteiger partial charge on any atom is -0.307 e. The van der Waals surface area contributed by atoms with E-state index in [0.29, 0.717) is 12.2 Å². The monoisotopic (exact) mass is 371 g/mol. The quantitative estimate of drug-likeness (QED) is 0.822. The minimum atomic E-state index is -0.388. The molecule has 0 unspecified atom stereocenters. The fraction of sp³-hybridized carbons (Fsp3) is 0.235. The molecule has 2 amide bonds. The molecule has 4 rings (SSSR count). The van der Waals surface area contributed by atoms with Crippen LogP contribution in [0, 0.1) is 11.8 Å². The van der Waals surface area contributed by atoms with Crippen molar-refractivity contribution in [3.05, 3.63) is 58.8 Å². The van der Waals surface area contributed by atoms with Crippen molar-refractivity contribution in [1.82, 2.24) is 10.3 Å². The van der Waals surface area contributed by atoms with Crippen LogP contribution in [0.1, 0.15) is 11.7 Å². The summed E-state index contributed by atoms with van der Waals surface area (Å²) in [6.07, 6.45) is 1.71. The fourth-order valence-electron chi connectivity index (χ4n) is 3.41. The first-order valence-electron chi connectivity index (χ1n) is 7.44. The molecule has 0 radical (unpaired) electrons. The summed E-state index contributed by atoms with van der Waals surface area (Å²) in [5.41, 5.74) is 1.43. The number of carbonyl (C=O) groups excluding carboxylic acids is 2. The van der Waals surface area contributed by atoms with Gasteiger partial charge in [0.15, 0.2) is 0 Å². The van der Waals surface area contributed by atoms with Gasteiger partial charge in [-0.05, 0) is 36.4 Å². The molecule has 1 aromatic heterocycles. The molecule has 0 spiro atoms. The molecule has 2 aromatic rings. The van der Waals surface area contributed by atoms with Gasteiger partial charge in [0.05, 0.1) is 29.3 Å². The molecule has 3 atom stereocenters. The van der Waals surface area contributed by atoms with Crippen molar-refractivity contribution in [2.24, 2.45) is 11.8 Å². The number of rotatable bonds is 2. The largest absolute Gasteiger partial charge is 0.307 e. The number of nitrogens with one attached hydrogen (secondary N) is 1. The Bertz CT molecular complexity index is 763. The van der Waals surface area contributed by atoms with E-state index in [1.807, 2.05) is 30.3 Å². The standard InChI is InChI=1S/C17H14BrN3O2/c18-10-4-6-11(7-5-10)21-16(22)12-9-20-15(14(12)17(21)23)13-3-1-2-8-19-13/h1-8,12,14-15,20H,9H2/t12-,14-,15+/m0/s1. The third kappa shape index (κ3) is 2.29. The number of imide groups is 1. The number of fused-ring (bicyclic) bond motifs is 1. The van der Waals surface area contributed by atoms with Crippen LogP contribution < -0.4 is 10.2 Å². The molecule has 2 aliphatic rings. The van der Waals surface area contributed by atoms with Gasteiger partial charge in [0, 0.05) is 17.2 Å². The Hall–Kier alpha value is -2.05. The number of anilines is 1. The van der Waals surface area contributed by atoms with Crippen molar-refractivity contribution in [2.45, 2.75) is 6.04 Å². The number of nitrogens with zero attached hydrogens (tertiary/aromatic N) is 2. The van der Waals surface area contributed by atoms with Crippen LogP contribution >= 0.6 is 15.9 Å². The maximum atomic E-state index is 12.9. The lowest BCUT2D eigenvalue weighted by molar-refractivity contribution is -0.123. The van der Waals surface area contributed by atoms with Crippen LogP contribution in [0.15, 0.2) is 53.1 Å². The third-order valence-electron chi connectivity index (χ3n) is 4.48. The Morgan fingerprint density at radius 3 is 2.57 bits per heavy atom. The van der Waals surface area contributed by atoms with E-state index in [2.05, 4.69) is 26.2 Å². The SMILES string of the molecule is O=C1[C@H]2[C@H](CN[C@@H]2c2ccccn2)C(=O)N1c1ccc(Br)cc1. The highest BCUT2D eigenvalue weighted by Gasteiger charge is 2.55. The molecule has 3 heterocycles. The van der Waals surface area contributed by atoms with Gasteiger partial charge in [-0.1, -0.05) is 22.0 Å². The van der Waals surface area contributed by atoms with E-state index in [4.69, 9.17) is 0 Å². The van der Waals surface area contributed by atoms with Gasteiger partial charge in [-0.2, -0.15) is 0 Å². The topological polar surface area (TPSA) is 62.3 Å². The van der Waals surface area contributed by atoms with Crippen LogP contribution in [-0.4, -0.2) is 23.3 Å². The van der Waals surface area contributed by atoms with Crippen LogP contribution in [0.5, 0.6) is 0 Å². The van der Waals surface area contributed by atoms with E-state index >= 15 is 0 Å². The predicted octanol–water partition coefficient (Wildman–Crippen LogP) is 2.29. The van der Waals surface area contributed by atoms with Gasteiger partial charge in [0.25, 0.3) is 0 Å². The Kier molecular flexibility index (Phi) is 3.50. The summed E-state index contributed by atoms with van der Waals surface area (Å²) in [5.74, 6) is -0.990. The molecule has 2 aliphatic heterocycles. The Labute approximate surface area is 141 Å². The molecular formula is C17H14BrN3O2. The van der Waals surface area contributed by atoms with Gasteiger partial charge in [-0.25, -0.2) is 4.90 Å². The van der Waals surface area contributed by atoms with Gasteiger partial charge in [0.1, 0.15) is 0 Å². The highest BCUT2D eigenvalue weighted by molar-refractivity contribution is 9.10. The second kappa shape index (κ2) is 5.54. The maximum Gasteiger partial charge on any atom is 0.239 e. The molecular weight excluding hydrogens is 358 g/mol. The predicted molar refractivity (Wildman–Crippen MR) is 88.6 cm³/mol. The van der Waals surface area contributed by atoms with Crippen molar-refractivity contribution < 1.29 is 9.59 Å². The Balaban J connectivity index is 1.69. The van der Waals surface area contributed by atoms with Crippen molar-refractivity contribution in [2.75, 3.05) is 11.4 Å². The van der Waals surface area contributed by atoms with Crippen LogP contribution in [-0.2, 0) is 9.59 Å². The molecule has 2 fully saturated rings. The average Bonchev–Trinajstić information content (AvgIpc) is 3.11. The first-order chi connectivity index (χ1) is 11.2. The summed E-state index contributed by atoms with van der Waals surface area (Å²) in [4.78, 5) is 31.2. The minimum absolute atomic E-state index is 0.131. The van der Waals surface area contributed by atoms with Gasteiger partial charge in [-0.3, -0.25) is 14.6 Å². The van der Waals surface area contributed by atoms with Crippen molar-refractivity contribution >= 4 is 33.4 Å². The zero-order chi connectivity index (χ0) is 16.0. The second-order valence-electron chi connectivity index (χ2n) is 5.76. The van der Waals surface area contributed by atoms with E-state index in [-0.39, 0.29) is 29.7 Å². The molecule has 5 nitrogen and oxygen atoms in total. The number of hydrogen-bond donors (Lipinski definition) is 1. The zero-order valence-electron chi connectivity index (χ0n) is 12.1. The second-order valence-corrected chi connectivity index (χ2v) is 6.68. The number of hydrogen-bond acceptors (Lipinski definition) is 4. The van der Waals surface area contributed by atoms with E-state index < -0.39 is 0 Å². The molecule has 1 N–H and O–H groups in total. The zero-order valence-corrected chi connectivity index (χ0v) is 13.7. The summed E-state index contributed by atoms with van der Waals surface area (Å²) < 4.78 is 0.911. The number of amides is 2. The summed E-state index contributed by atoms with van der Waals surface area (Å²) in [5, 5.41) is 3.28. The lowest BCUT2D eigenvalue weighted by Gasteiger charge is -2.19. The van der Waals surface area contributed by atoms with Crippen molar-refractivity contribution in [1.29, 1.82) is 0 Å². The summed E-state index contributed by atoms with van der Waals surface area (Å²) in [6, 6.07) is 12.6. The Morgan fingerprint density at radius 1 is 1.09 bits per heavy atom. The van der Waals surface area contributed by atoms with E-state index in [9.17, 15) is 9.59 Å². The third-order valence-corrected chi connectivity index (χ3v) is 5.01. The molecule has 0 saturated carbocycles. The molecule has 0 bridgehead atoms. The van der Waals surface area contributed by atoms with Gasteiger partial charge < -0.3 is 5.32 Å². The van der Waals surface area contributed by atoms with Crippen LogP contribution in [0.25, 0.3) is 0 Å². The number of halogens is 1. The number of carbonyl (C=O) groups is 2.